The lowest BCUT2D eigenvalue weighted by Crippen LogP contribution is -2.30. The van der Waals surface area contributed by atoms with Crippen LogP contribution in [0.15, 0.2) is 55.5 Å². The maximum atomic E-state index is 12.5. The number of hydrogen-bond donors (Lipinski definition) is 1. The SMILES string of the molecule is CC(C)n1cc(-c2cnn(C3COC3)c2)c2cnc(Nc3ccnc(-c4cnn(S(=O)(=O)C5CC5)c4)n3)cc21. The van der Waals surface area contributed by atoms with Crippen LogP contribution in [0, 0.1) is 0 Å². The van der Waals surface area contributed by atoms with E-state index in [4.69, 9.17) is 4.74 Å². The molecule has 7 rings (SSSR count). The van der Waals surface area contributed by atoms with Gasteiger partial charge in [-0.3, -0.25) is 4.68 Å². The first-order chi connectivity index (χ1) is 18.9. The molecule has 39 heavy (non-hydrogen) atoms. The molecule has 6 heterocycles. The molecule has 1 aliphatic carbocycles. The minimum absolute atomic E-state index is 0.237. The third-order valence-corrected chi connectivity index (χ3v) is 9.15. The van der Waals surface area contributed by atoms with Crippen molar-refractivity contribution in [2.75, 3.05) is 18.5 Å². The lowest BCUT2D eigenvalue weighted by molar-refractivity contribution is -0.0286. The first-order valence-electron chi connectivity index (χ1n) is 12.9. The predicted molar refractivity (Wildman–Crippen MR) is 145 cm³/mol. The van der Waals surface area contributed by atoms with Gasteiger partial charge in [0, 0.05) is 53.4 Å². The van der Waals surface area contributed by atoms with Gasteiger partial charge in [0.05, 0.1) is 54.2 Å². The summed E-state index contributed by atoms with van der Waals surface area (Å²) in [5.74, 6) is 1.55. The zero-order valence-electron chi connectivity index (χ0n) is 21.5. The van der Waals surface area contributed by atoms with Gasteiger partial charge in [-0.05, 0) is 32.8 Å². The summed E-state index contributed by atoms with van der Waals surface area (Å²) < 4.78 is 35.5. The van der Waals surface area contributed by atoms with Crippen LogP contribution in [-0.4, -0.2) is 65.4 Å². The van der Waals surface area contributed by atoms with Crippen LogP contribution in [0.25, 0.3) is 33.4 Å². The average Bonchev–Trinajstić information content (AvgIpc) is 3.29. The van der Waals surface area contributed by atoms with Crippen molar-refractivity contribution >= 4 is 32.6 Å². The van der Waals surface area contributed by atoms with Crippen LogP contribution in [0.4, 0.5) is 11.6 Å². The van der Waals surface area contributed by atoms with Crippen molar-refractivity contribution in [2.24, 2.45) is 0 Å². The van der Waals surface area contributed by atoms with Gasteiger partial charge < -0.3 is 14.6 Å². The van der Waals surface area contributed by atoms with Gasteiger partial charge in [0.2, 0.25) is 0 Å². The summed E-state index contributed by atoms with van der Waals surface area (Å²) >= 11 is 0. The molecule has 2 aliphatic rings. The first-order valence-corrected chi connectivity index (χ1v) is 14.4. The Hall–Kier alpha value is -4.10. The molecule has 1 N–H and O–H groups in total. The highest BCUT2D eigenvalue weighted by Gasteiger charge is 2.37. The van der Waals surface area contributed by atoms with E-state index in [1.54, 1.807) is 12.3 Å². The normalized spacial score (nSPS) is 16.2. The number of nitrogens with one attached hydrogen (secondary N) is 1. The molecule has 1 aliphatic heterocycles. The highest BCUT2D eigenvalue weighted by molar-refractivity contribution is 7.90. The third kappa shape index (κ3) is 4.27. The standard InChI is InChI=1S/C26H27N9O3S/c1-16(2)33-13-22(17-8-29-34(11-17)19-14-38-15-19)21-10-28-25(7-23(21)33)31-24-5-6-27-26(32-24)18-9-30-35(12-18)39(36,37)20-3-4-20/h5-13,16,19-20H,3-4,14-15H2,1-2H3,(H,27,28,31,32). The van der Waals surface area contributed by atoms with E-state index in [1.165, 1.54) is 12.4 Å². The fourth-order valence-electron chi connectivity index (χ4n) is 4.70. The predicted octanol–water partition coefficient (Wildman–Crippen LogP) is 3.79. The van der Waals surface area contributed by atoms with E-state index >= 15 is 0 Å². The number of pyridine rings is 1. The third-order valence-electron chi connectivity index (χ3n) is 7.12. The second-order valence-electron chi connectivity index (χ2n) is 10.3. The monoisotopic (exact) mass is 545 g/mol. The number of hydrogen-bond acceptors (Lipinski definition) is 9. The smallest absolute Gasteiger partial charge is 0.256 e. The maximum Gasteiger partial charge on any atom is 0.256 e. The fourth-order valence-corrected chi connectivity index (χ4v) is 6.18. The first kappa shape index (κ1) is 24.0. The largest absolute Gasteiger partial charge is 0.377 e. The molecule has 1 saturated heterocycles. The Labute approximate surface area is 224 Å². The molecular formula is C26H27N9O3S. The Bertz CT molecular complexity index is 1800. The van der Waals surface area contributed by atoms with Crippen LogP contribution in [0.5, 0.6) is 0 Å². The number of rotatable bonds is 8. The van der Waals surface area contributed by atoms with Crippen molar-refractivity contribution in [1.29, 1.82) is 0 Å². The van der Waals surface area contributed by atoms with Crippen LogP contribution in [-0.2, 0) is 14.8 Å². The van der Waals surface area contributed by atoms with Gasteiger partial charge in [-0.15, -0.1) is 0 Å². The summed E-state index contributed by atoms with van der Waals surface area (Å²) in [7, 11) is -3.45. The number of aromatic nitrogens is 8. The Kier molecular flexibility index (Phi) is 5.52. The van der Waals surface area contributed by atoms with Crippen molar-refractivity contribution in [3.63, 3.8) is 0 Å². The molecule has 0 bridgehead atoms. The molecule has 0 spiro atoms. The van der Waals surface area contributed by atoms with Gasteiger partial charge in [0.25, 0.3) is 10.0 Å². The fraction of sp³-hybridized carbons (Fsp3) is 0.346. The zero-order valence-corrected chi connectivity index (χ0v) is 22.3. The number of ether oxygens (including phenoxy) is 1. The lowest BCUT2D eigenvalue weighted by Gasteiger charge is -2.25. The van der Waals surface area contributed by atoms with Crippen LogP contribution >= 0.6 is 0 Å². The minimum atomic E-state index is -3.45. The summed E-state index contributed by atoms with van der Waals surface area (Å²) in [6.07, 6.45) is 13.9. The molecule has 12 nitrogen and oxygen atoms in total. The molecule has 2 fully saturated rings. The molecule has 0 aromatic carbocycles. The molecule has 13 heteroatoms. The highest BCUT2D eigenvalue weighted by atomic mass is 32.2. The molecule has 1 saturated carbocycles. The molecule has 0 unspecified atom stereocenters. The molecule has 5 aromatic heterocycles. The Balaban J connectivity index is 1.18. The van der Waals surface area contributed by atoms with E-state index < -0.39 is 10.0 Å². The quantitative estimate of drug-likeness (QED) is 0.309. The Morgan fingerprint density at radius 2 is 1.82 bits per heavy atom. The van der Waals surface area contributed by atoms with Crippen molar-refractivity contribution in [2.45, 2.75) is 44.0 Å². The molecule has 5 aromatic rings. The van der Waals surface area contributed by atoms with Crippen LogP contribution < -0.4 is 5.32 Å². The van der Waals surface area contributed by atoms with Crippen LogP contribution in [0.3, 0.4) is 0 Å². The summed E-state index contributed by atoms with van der Waals surface area (Å²) in [5, 5.41) is 12.6. The molecule has 200 valence electrons. The van der Waals surface area contributed by atoms with E-state index in [2.05, 4.69) is 61.3 Å². The van der Waals surface area contributed by atoms with E-state index in [0.717, 1.165) is 26.1 Å². The van der Waals surface area contributed by atoms with Gasteiger partial charge in [-0.1, -0.05) is 0 Å². The van der Waals surface area contributed by atoms with Gasteiger partial charge in [0.1, 0.15) is 11.6 Å². The Morgan fingerprint density at radius 1 is 1.00 bits per heavy atom. The van der Waals surface area contributed by atoms with Crippen molar-refractivity contribution in [3.8, 4) is 22.5 Å². The van der Waals surface area contributed by atoms with E-state index in [1.807, 2.05) is 23.1 Å². The Morgan fingerprint density at radius 3 is 2.56 bits per heavy atom. The topological polar surface area (TPSA) is 135 Å². The van der Waals surface area contributed by atoms with E-state index in [0.29, 0.717) is 55.1 Å². The summed E-state index contributed by atoms with van der Waals surface area (Å²) in [6, 6.07) is 4.28. The lowest BCUT2D eigenvalue weighted by atomic mass is 10.1. The van der Waals surface area contributed by atoms with Gasteiger partial charge in [-0.25, -0.2) is 23.4 Å². The van der Waals surface area contributed by atoms with Crippen LogP contribution in [0.2, 0.25) is 0 Å². The molecule has 0 atom stereocenters. The zero-order chi connectivity index (χ0) is 26.7. The number of anilines is 2. The summed E-state index contributed by atoms with van der Waals surface area (Å²) in [5.41, 5.74) is 3.68. The van der Waals surface area contributed by atoms with Crippen molar-refractivity contribution in [3.05, 3.63) is 55.5 Å². The summed E-state index contributed by atoms with van der Waals surface area (Å²) in [6.45, 7) is 5.68. The number of nitrogens with zero attached hydrogens (tertiary/aromatic N) is 8. The second-order valence-corrected chi connectivity index (χ2v) is 12.3. The maximum absolute atomic E-state index is 12.5. The number of fused-ring (bicyclic) bond motifs is 1. The van der Waals surface area contributed by atoms with Crippen LogP contribution in [0.1, 0.15) is 38.8 Å². The van der Waals surface area contributed by atoms with Crippen molar-refractivity contribution in [1.82, 2.24) is 38.5 Å². The van der Waals surface area contributed by atoms with Gasteiger partial charge >= 0.3 is 0 Å². The molecule has 0 amide bonds. The van der Waals surface area contributed by atoms with E-state index in [-0.39, 0.29) is 11.3 Å². The molecular weight excluding hydrogens is 518 g/mol. The summed E-state index contributed by atoms with van der Waals surface area (Å²) in [4.78, 5) is 13.6. The minimum Gasteiger partial charge on any atom is -0.377 e. The second kappa shape index (κ2) is 8.99. The molecule has 0 radical (unpaired) electrons. The van der Waals surface area contributed by atoms with Gasteiger partial charge in [0.15, 0.2) is 5.82 Å². The van der Waals surface area contributed by atoms with Gasteiger partial charge in [-0.2, -0.15) is 14.3 Å². The highest BCUT2D eigenvalue weighted by Crippen LogP contribution is 2.34. The van der Waals surface area contributed by atoms with Crippen molar-refractivity contribution < 1.29 is 13.2 Å². The average molecular weight is 546 g/mol. The van der Waals surface area contributed by atoms with E-state index in [9.17, 15) is 8.42 Å².